The molecule has 7 heteroatoms. The van der Waals surface area contributed by atoms with E-state index in [1.807, 2.05) is 31.2 Å². The number of likely N-dealkylation sites (tertiary alicyclic amines) is 1. The smallest absolute Gasteiger partial charge is 0.414 e. The maximum absolute atomic E-state index is 12.5. The lowest BCUT2D eigenvalue weighted by Gasteiger charge is -2.34. The summed E-state index contributed by atoms with van der Waals surface area (Å²) in [7, 11) is 0. The van der Waals surface area contributed by atoms with Gasteiger partial charge >= 0.3 is 6.18 Å². The predicted molar refractivity (Wildman–Crippen MR) is 84.3 cm³/mol. The molecular weight excluding hydrogens is 323 g/mol. The highest BCUT2D eigenvalue weighted by Crippen LogP contribution is 2.31. The number of nitrogens with zero attached hydrogens (tertiary/aromatic N) is 1. The number of halogens is 3. The van der Waals surface area contributed by atoms with E-state index >= 15 is 0 Å². The molecule has 0 bridgehead atoms. The van der Waals surface area contributed by atoms with Gasteiger partial charge in [0, 0.05) is 6.54 Å². The zero-order chi connectivity index (χ0) is 17.6. The first-order valence-corrected chi connectivity index (χ1v) is 8.23. The molecule has 1 saturated heterocycles. The van der Waals surface area contributed by atoms with Crippen molar-refractivity contribution in [3.63, 3.8) is 0 Å². The van der Waals surface area contributed by atoms with Gasteiger partial charge in [0.25, 0.3) is 0 Å². The van der Waals surface area contributed by atoms with Gasteiger partial charge in [-0.1, -0.05) is 12.1 Å². The Kier molecular flexibility index (Phi) is 6.74. The van der Waals surface area contributed by atoms with Crippen molar-refractivity contribution in [3.05, 3.63) is 24.3 Å². The summed E-state index contributed by atoms with van der Waals surface area (Å²) in [6, 6.07) is 7.40. The van der Waals surface area contributed by atoms with Gasteiger partial charge in [0.1, 0.15) is 6.61 Å². The SMILES string of the molecule is CCOc1ccccc1OCCN1CCC(C(O)C(F)(F)F)CC1. The minimum Gasteiger partial charge on any atom is -0.490 e. The first kappa shape index (κ1) is 18.9. The molecule has 0 spiro atoms. The Morgan fingerprint density at radius 3 is 2.29 bits per heavy atom. The van der Waals surface area contributed by atoms with E-state index < -0.39 is 18.2 Å². The van der Waals surface area contributed by atoms with E-state index in [0.717, 1.165) is 0 Å². The normalized spacial score (nSPS) is 18.4. The van der Waals surface area contributed by atoms with Crippen LogP contribution in [0.15, 0.2) is 24.3 Å². The Hall–Kier alpha value is -1.47. The first-order chi connectivity index (χ1) is 11.4. The van der Waals surface area contributed by atoms with Gasteiger partial charge in [0.05, 0.1) is 6.61 Å². The number of para-hydroxylation sites is 2. The summed E-state index contributed by atoms with van der Waals surface area (Å²) in [5.41, 5.74) is 0. The lowest BCUT2D eigenvalue weighted by Crippen LogP contribution is -2.44. The van der Waals surface area contributed by atoms with Crippen LogP contribution >= 0.6 is 0 Å². The third-order valence-electron chi connectivity index (χ3n) is 4.23. The van der Waals surface area contributed by atoms with Crippen LogP contribution in [-0.2, 0) is 0 Å². The summed E-state index contributed by atoms with van der Waals surface area (Å²) in [5, 5.41) is 9.32. The fourth-order valence-corrected chi connectivity index (χ4v) is 2.89. The van der Waals surface area contributed by atoms with Crippen molar-refractivity contribution in [1.82, 2.24) is 4.90 Å². The van der Waals surface area contributed by atoms with Crippen molar-refractivity contribution in [1.29, 1.82) is 0 Å². The van der Waals surface area contributed by atoms with E-state index in [4.69, 9.17) is 9.47 Å². The summed E-state index contributed by atoms with van der Waals surface area (Å²) < 4.78 is 48.8. The Bertz CT molecular complexity index is 502. The quantitative estimate of drug-likeness (QED) is 0.823. The molecule has 0 radical (unpaired) electrons. The Morgan fingerprint density at radius 2 is 1.75 bits per heavy atom. The zero-order valence-corrected chi connectivity index (χ0v) is 13.8. The van der Waals surface area contributed by atoms with E-state index in [9.17, 15) is 18.3 Å². The third kappa shape index (κ3) is 5.27. The number of aliphatic hydroxyl groups is 1. The second-order valence-electron chi connectivity index (χ2n) is 5.89. The summed E-state index contributed by atoms with van der Waals surface area (Å²) in [6.07, 6.45) is -6.06. The van der Waals surface area contributed by atoms with E-state index in [1.165, 1.54) is 0 Å². The molecule has 1 aliphatic rings. The van der Waals surface area contributed by atoms with Crippen LogP contribution in [0.1, 0.15) is 19.8 Å². The van der Waals surface area contributed by atoms with Crippen molar-refractivity contribution in [3.8, 4) is 11.5 Å². The van der Waals surface area contributed by atoms with Gasteiger partial charge in [-0.05, 0) is 50.9 Å². The average Bonchev–Trinajstić information content (AvgIpc) is 2.56. The summed E-state index contributed by atoms with van der Waals surface area (Å²) in [5.74, 6) is 0.648. The average molecular weight is 347 g/mol. The fraction of sp³-hybridized carbons (Fsp3) is 0.647. The van der Waals surface area contributed by atoms with Gasteiger partial charge in [-0.2, -0.15) is 13.2 Å². The van der Waals surface area contributed by atoms with Crippen molar-refractivity contribution < 1.29 is 27.8 Å². The van der Waals surface area contributed by atoms with Gasteiger partial charge < -0.3 is 14.6 Å². The highest BCUT2D eigenvalue weighted by Gasteiger charge is 2.44. The molecule has 4 nitrogen and oxygen atoms in total. The van der Waals surface area contributed by atoms with Gasteiger partial charge in [-0.15, -0.1) is 0 Å². The minimum atomic E-state index is -4.53. The molecular formula is C17H24F3NO3. The zero-order valence-electron chi connectivity index (χ0n) is 13.8. The van der Waals surface area contributed by atoms with Crippen LogP contribution in [0.5, 0.6) is 11.5 Å². The van der Waals surface area contributed by atoms with Gasteiger partial charge in [0.2, 0.25) is 0 Å². The van der Waals surface area contributed by atoms with Gasteiger partial charge in [0.15, 0.2) is 17.6 Å². The molecule has 1 N–H and O–H groups in total. The van der Waals surface area contributed by atoms with Crippen molar-refractivity contribution >= 4 is 0 Å². The van der Waals surface area contributed by atoms with Crippen LogP contribution in [0.3, 0.4) is 0 Å². The number of alkyl halides is 3. The maximum Gasteiger partial charge on any atom is 0.414 e. The van der Waals surface area contributed by atoms with Crippen molar-refractivity contribution in [2.24, 2.45) is 5.92 Å². The standard InChI is InChI=1S/C17H24F3NO3/c1-2-23-14-5-3-4-6-15(14)24-12-11-21-9-7-13(8-10-21)16(22)17(18,19)20/h3-6,13,16,22H,2,7-12H2,1H3. The Balaban J connectivity index is 1.74. The third-order valence-corrected chi connectivity index (χ3v) is 4.23. The molecule has 2 rings (SSSR count). The lowest BCUT2D eigenvalue weighted by atomic mass is 9.91. The highest BCUT2D eigenvalue weighted by atomic mass is 19.4. The van der Waals surface area contributed by atoms with Crippen LogP contribution in [-0.4, -0.2) is 55.1 Å². The van der Waals surface area contributed by atoms with Crippen LogP contribution in [0, 0.1) is 5.92 Å². The van der Waals surface area contributed by atoms with Gasteiger partial charge in [-0.25, -0.2) is 0 Å². The van der Waals surface area contributed by atoms with E-state index in [2.05, 4.69) is 4.90 Å². The molecule has 1 fully saturated rings. The molecule has 1 heterocycles. The molecule has 1 aromatic rings. The molecule has 24 heavy (non-hydrogen) atoms. The molecule has 136 valence electrons. The van der Waals surface area contributed by atoms with Crippen LogP contribution in [0.25, 0.3) is 0 Å². The lowest BCUT2D eigenvalue weighted by molar-refractivity contribution is -0.223. The Morgan fingerprint density at radius 1 is 1.17 bits per heavy atom. The molecule has 1 aromatic carbocycles. The van der Waals surface area contributed by atoms with Crippen molar-refractivity contribution in [2.45, 2.75) is 32.0 Å². The largest absolute Gasteiger partial charge is 0.490 e. The van der Waals surface area contributed by atoms with Crippen LogP contribution in [0.2, 0.25) is 0 Å². The molecule has 1 aliphatic heterocycles. The topological polar surface area (TPSA) is 41.9 Å². The van der Waals surface area contributed by atoms with Crippen LogP contribution in [0.4, 0.5) is 13.2 Å². The van der Waals surface area contributed by atoms with E-state index in [0.29, 0.717) is 57.2 Å². The number of hydrogen-bond acceptors (Lipinski definition) is 4. The Labute approximate surface area is 140 Å². The molecule has 0 aliphatic carbocycles. The van der Waals surface area contributed by atoms with Gasteiger partial charge in [-0.3, -0.25) is 4.90 Å². The first-order valence-electron chi connectivity index (χ1n) is 8.23. The fourth-order valence-electron chi connectivity index (χ4n) is 2.89. The molecule has 1 atom stereocenters. The number of hydrogen-bond donors (Lipinski definition) is 1. The second-order valence-corrected chi connectivity index (χ2v) is 5.89. The van der Waals surface area contributed by atoms with Crippen molar-refractivity contribution in [2.75, 3.05) is 32.8 Å². The summed E-state index contributed by atoms with van der Waals surface area (Å²) >= 11 is 0. The van der Waals surface area contributed by atoms with Crippen LogP contribution < -0.4 is 9.47 Å². The molecule has 0 amide bonds. The number of ether oxygens (including phenoxy) is 2. The minimum absolute atomic E-state index is 0.343. The number of benzene rings is 1. The number of rotatable bonds is 7. The molecule has 0 aromatic heterocycles. The maximum atomic E-state index is 12.5. The number of piperidine rings is 1. The molecule has 0 saturated carbocycles. The van der Waals surface area contributed by atoms with E-state index in [-0.39, 0.29) is 0 Å². The van der Waals surface area contributed by atoms with E-state index in [1.54, 1.807) is 0 Å². The second kappa shape index (κ2) is 8.58. The highest BCUT2D eigenvalue weighted by molar-refractivity contribution is 5.39. The number of aliphatic hydroxyl groups excluding tert-OH is 1. The summed E-state index contributed by atoms with van der Waals surface area (Å²) in [4.78, 5) is 2.06. The monoisotopic (exact) mass is 347 g/mol. The predicted octanol–water partition coefficient (Wildman–Crippen LogP) is 3.10. The molecule has 1 unspecified atom stereocenters. The summed E-state index contributed by atoms with van der Waals surface area (Å²) in [6.45, 7) is 4.60.